The summed E-state index contributed by atoms with van der Waals surface area (Å²) in [6.45, 7) is 3.48. The lowest BCUT2D eigenvalue weighted by molar-refractivity contribution is -0.391. The van der Waals surface area contributed by atoms with Crippen LogP contribution in [0.15, 0.2) is 21.5 Å². The van der Waals surface area contributed by atoms with Gasteiger partial charge in [0.25, 0.3) is 0 Å². The average Bonchev–Trinajstić information content (AvgIpc) is 2.94. The third kappa shape index (κ3) is 5.27. The number of nitrogens with zero attached hydrogens (tertiary/aromatic N) is 3. The quantitative estimate of drug-likeness (QED) is 0.339. The van der Waals surface area contributed by atoms with Gasteiger partial charge in [-0.15, -0.1) is 0 Å². The molecular weight excluding hydrogens is 409 g/mol. The van der Waals surface area contributed by atoms with Gasteiger partial charge in [-0.25, -0.2) is 4.98 Å². The molecule has 0 N–H and O–H groups in total. The van der Waals surface area contributed by atoms with Gasteiger partial charge in [0.1, 0.15) is 5.03 Å². The van der Waals surface area contributed by atoms with Crippen molar-refractivity contribution in [2.24, 2.45) is 0 Å². The van der Waals surface area contributed by atoms with Crippen LogP contribution in [-0.4, -0.2) is 20.9 Å². The minimum Gasteiger partial charge on any atom is -0.453 e. The SMILES string of the molecule is CCCC(=O)OC(C)c1nc([N+](=O)[O-])c(Sc2ncc(Cl)cc2Cl)s1. The summed E-state index contributed by atoms with van der Waals surface area (Å²) in [4.78, 5) is 30.3. The number of halogens is 2. The largest absolute Gasteiger partial charge is 0.453 e. The van der Waals surface area contributed by atoms with E-state index in [1.54, 1.807) is 6.92 Å². The van der Waals surface area contributed by atoms with E-state index in [-0.39, 0.29) is 23.2 Å². The number of rotatable bonds is 7. The topological polar surface area (TPSA) is 95.2 Å². The summed E-state index contributed by atoms with van der Waals surface area (Å²) in [6.07, 6.45) is 1.67. The summed E-state index contributed by atoms with van der Waals surface area (Å²) in [7, 11) is 0. The zero-order valence-electron chi connectivity index (χ0n) is 13.2. The van der Waals surface area contributed by atoms with Gasteiger partial charge in [0.15, 0.2) is 10.3 Å². The first-order valence-corrected chi connectivity index (χ1v) is 9.54. The molecular formula is C14H13Cl2N3O4S2. The highest BCUT2D eigenvalue weighted by atomic mass is 35.5. The van der Waals surface area contributed by atoms with Crippen LogP contribution >= 0.6 is 46.3 Å². The van der Waals surface area contributed by atoms with E-state index in [9.17, 15) is 14.9 Å². The Bertz CT molecular complexity index is 800. The molecule has 0 saturated heterocycles. The number of hydrogen-bond acceptors (Lipinski definition) is 8. The molecule has 2 aromatic heterocycles. The molecule has 7 nitrogen and oxygen atoms in total. The summed E-state index contributed by atoms with van der Waals surface area (Å²) >= 11 is 13.9. The number of thiazole rings is 1. The number of nitro groups is 1. The van der Waals surface area contributed by atoms with Crippen molar-refractivity contribution in [1.29, 1.82) is 0 Å². The molecule has 0 aliphatic heterocycles. The lowest BCUT2D eigenvalue weighted by Gasteiger charge is -2.07. The zero-order valence-corrected chi connectivity index (χ0v) is 16.3. The van der Waals surface area contributed by atoms with E-state index in [0.717, 1.165) is 23.1 Å². The van der Waals surface area contributed by atoms with Crippen LogP contribution in [0.25, 0.3) is 0 Å². The molecule has 0 aliphatic rings. The molecule has 134 valence electrons. The van der Waals surface area contributed by atoms with Gasteiger partial charge in [0, 0.05) is 12.6 Å². The van der Waals surface area contributed by atoms with Crippen LogP contribution in [0, 0.1) is 10.1 Å². The molecule has 0 saturated carbocycles. The van der Waals surface area contributed by atoms with Gasteiger partial charge in [-0.1, -0.05) is 41.5 Å². The number of carbonyl (C=O) groups excluding carboxylic acids is 1. The lowest BCUT2D eigenvalue weighted by atomic mass is 10.3. The van der Waals surface area contributed by atoms with Gasteiger partial charge in [-0.05, 0) is 41.1 Å². The van der Waals surface area contributed by atoms with E-state index in [4.69, 9.17) is 27.9 Å². The molecule has 0 fully saturated rings. The van der Waals surface area contributed by atoms with E-state index in [0.29, 0.717) is 25.7 Å². The standard InChI is InChI=1S/C14H13Cl2N3O4S2/c1-3-4-10(20)23-7(2)12-18-11(19(21)22)14(24-12)25-13-9(16)5-8(15)6-17-13/h5-7H,3-4H2,1-2H3. The highest BCUT2D eigenvalue weighted by molar-refractivity contribution is 8.01. The van der Waals surface area contributed by atoms with Crippen LogP contribution in [0.2, 0.25) is 10.0 Å². The molecule has 0 radical (unpaired) electrons. The van der Waals surface area contributed by atoms with Crippen LogP contribution in [0.3, 0.4) is 0 Å². The Hall–Kier alpha value is -1.42. The van der Waals surface area contributed by atoms with Gasteiger partial charge >= 0.3 is 11.8 Å². The summed E-state index contributed by atoms with van der Waals surface area (Å²) in [5, 5.41) is 12.6. The predicted molar refractivity (Wildman–Crippen MR) is 96.6 cm³/mol. The molecule has 0 aliphatic carbocycles. The van der Waals surface area contributed by atoms with Crippen molar-refractivity contribution in [2.45, 2.75) is 42.0 Å². The Kier molecular flexibility index (Phi) is 7.00. The van der Waals surface area contributed by atoms with Crippen LogP contribution in [-0.2, 0) is 9.53 Å². The van der Waals surface area contributed by atoms with Crippen LogP contribution in [0.1, 0.15) is 37.8 Å². The molecule has 11 heteroatoms. The van der Waals surface area contributed by atoms with Crippen molar-refractivity contribution in [3.05, 3.63) is 37.4 Å². The van der Waals surface area contributed by atoms with E-state index in [1.165, 1.54) is 12.3 Å². The third-order valence-electron chi connectivity index (χ3n) is 2.84. The number of ether oxygens (including phenoxy) is 1. The Morgan fingerprint density at radius 2 is 2.24 bits per heavy atom. The van der Waals surface area contributed by atoms with Crippen LogP contribution in [0.4, 0.5) is 5.82 Å². The fraction of sp³-hybridized carbons (Fsp3) is 0.357. The zero-order chi connectivity index (χ0) is 18.6. The molecule has 0 amide bonds. The number of aromatic nitrogens is 2. The summed E-state index contributed by atoms with van der Waals surface area (Å²) < 4.78 is 5.53. The van der Waals surface area contributed by atoms with Crippen molar-refractivity contribution >= 4 is 58.1 Å². The Labute approximate surface area is 161 Å². The molecule has 0 bridgehead atoms. The van der Waals surface area contributed by atoms with Crippen molar-refractivity contribution in [3.63, 3.8) is 0 Å². The Balaban J connectivity index is 2.27. The van der Waals surface area contributed by atoms with Crippen molar-refractivity contribution in [1.82, 2.24) is 9.97 Å². The highest BCUT2D eigenvalue weighted by Gasteiger charge is 2.29. The summed E-state index contributed by atoms with van der Waals surface area (Å²) in [6, 6.07) is 1.50. The first-order valence-electron chi connectivity index (χ1n) is 7.15. The lowest BCUT2D eigenvalue weighted by Crippen LogP contribution is -2.08. The van der Waals surface area contributed by atoms with Gasteiger partial charge < -0.3 is 14.9 Å². The van der Waals surface area contributed by atoms with E-state index in [1.807, 2.05) is 6.92 Å². The Morgan fingerprint density at radius 1 is 1.52 bits per heavy atom. The molecule has 2 rings (SSSR count). The fourth-order valence-electron chi connectivity index (χ4n) is 1.74. The van der Waals surface area contributed by atoms with Gasteiger partial charge in [-0.3, -0.25) is 4.79 Å². The molecule has 1 unspecified atom stereocenters. The minimum atomic E-state index is -0.675. The Morgan fingerprint density at radius 3 is 2.84 bits per heavy atom. The molecule has 0 spiro atoms. The fourth-order valence-corrected chi connectivity index (χ4v) is 4.30. The van der Waals surface area contributed by atoms with Crippen LogP contribution < -0.4 is 0 Å². The van der Waals surface area contributed by atoms with Crippen molar-refractivity contribution in [3.8, 4) is 0 Å². The van der Waals surface area contributed by atoms with E-state index >= 15 is 0 Å². The molecule has 2 aromatic rings. The maximum atomic E-state index is 11.6. The molecule has 2 heterocycles. The minimum absolute atomic E-state index is 0.281. The molecule has 1 atom stereocenters. The van der Waals surface area contributed by atoms with Crippen molar-refractivity contribution in [2.75, 3.05) is 0 Å². The smallest absolute Gasteiger partial charge is 0.389 e. The van der Waals surface area contributed by atoms with E-state index in [2.05, 4.69) is 9.97 Å². The second-order valence-corrected chi connectivity index (χ2v) is 7.98. The monoisotopic (exact) mass is 421 g/mol. The maximum Gasteiger partial charge on any atom is 0.389 e. The molecule has 0 aromatic carbocycles. The first-order chi connectivity index (χ1) is 11.8. The van der Waals surface area contributed by atoms with E-state index < -0.39 is 11.0 Å². The maximum absolute atomic E-state index is 11.6. The normalized spacial score (nSPS) is 12.0. The second kappa shape index (κ2) is 8.79. The average molecular weight is 422 g/mol. The number of hydrogen-bond donors (Lipinski definition) is 0. The number of carbonyl (C=O) groups is 1. The first kappa shape index (κ1) is 19.9. The predicted octanol–water partition coefficient (Wildman–Crippen LogP) is 5.31. The van der Waals surface area contributed by atoms with Crippen molar-refractivity contribution < 1.29 is 14.5 Å². The summed E-state index contributed by atoms with van der Waals surface area (Å²) in [5.41, 5.74) is 0. The number of pyridine rings is 1. The number of esters is 1. The molecule has 25 heavy (non-hydrogen) atoms. The highest BCUT2D eigenvalue weighted by Crippen LogP contribution is 2.42. The van der Waals surface area contributed by atoms with Gasteiger partial charge in [0.2, 0.25) is 5.01 Å². The van der Waals surface area contributed by atoms with Gasteiger partial charge in [0.05, 0.1) is 10.0 Å². The third-order valence-corrected chi connectivity index (χ3v) is 5.84. The second-order valence-electron chi connectivity index (χ2n) is 4.84. The summed E-state index contributed by atoms with van der Waals surface area (Å²) in [5.74, 6) is -0.694. The van der Waals surface area contributed by atoms with Crippen LogP contribution in [0.5, 0.6) is 0 Å². The van der Waals surface area contributed by atoms with Gasteiger partial charge in [-0.2, -0.15) is 0 Å².